The average molecular weight is 418 g/mol. The van der Waals surface area contributed by atoms with E-state index in [1.54, 1.807) is 24.3 Å². The van der Waals surface area contributed by atoms with Crippen molar-refractivity contribution in [2.75, 3.05) is 5.75 Å². The predicted octanol–water partition coefficient (Wildman–Crippen LogP) is 3.53. The number of fused-ring (bicyclic) bond motifs is 1. The second-order valence-electron chi connectivity index (χ2n) is 6.42. The maximum Gasteiger partial charge on any atom is 0.266 e. The second kappa shape index (κ2) is 8.79. The molecule has 2 heterocycles. The van der Waals surface area contributed by atoms with Gasteiger partial charge in [-0.25, -0.2) is 10.4 Å². The summed E-state index contributed by atoms with van der Waals surface area (Å²) in [6.07, 6.45) is 1.43. The molecule has 4 aromatic rings. The minimum absolute atomic E-state index is 0.0478. The molecule has 0 spiro atoms. The molecule has 0 fully saturated rings. The van der Waals surface area contributed by atoms with Crippen molar-refractivity contribution in [2.45, 2.75) is 12.1 Å². The molecule has 0 aliphatic rings. The summed E-state index contributed by atoms with van der Waals surface area (Å²) in [5.41, 5.74) is 3.55. The molecule has 1 amide bonds. The summed E-state index contributed by atoms with van der Waals surface area (Å²) in [7, 11) is 0. The Labute approximate surface area is 176 Å². The molecule has 0 atom stereocenters. The van der Waals surface area contributed by atoms with Gasteiger partial charge in [-0.05, 0) is 43.3 Å². The van der Waals surface area contributed by atoms with E-state index in [1.165, 1.54) is 22.5 Å². The number of benzene rings is 2. The molecule has 7 nitrogen and oxygen atoms in total. The molecule has 0 aliphatic carbocycles. The van der Waals surface area contributed by atoms with E-state index in [1.807, 2.05) is 49.4 Å². The zero-order valence-corrected chi connectivity index (χ0v) is 16.9. The molecule has 0 unspecified atom stereocenters. The molecule has 0 saturated carbocycles. The Morgan fingerprint density at radius 3 is 2.67 bits per heavy atom. The predicted molar refractivity (Wildman–Crippen MR) is 117 cm³/mol. The van der Waals surface area contributed by atoms with Crippen molar-refractivity contribution in [2.24, 2.45) is 5.10 Å². The molecular formula is C22H18N4O3S. The van der Waals surface area contributed by atoms with E-state index < -0.39 is 0 Å². The maximum atomic E-state index is 13.1. The summed E-state index contributed by atoms with van der Waals surface area (Å²) >= 11 is 1.17. The fourth-order valence-electron chi connectivity index (χ4n) is 2.87. The van der Waals surface area contributed by atoms with Gasteiger partial charge in [0, 0.05) is 0 Å². The number of carbonyl (C=O) groups excluding carboxylic acids is 1. The number of hydrazone groups is 1. The van der Waals surface area contributed by atoms with Crippen molar-refractivity contribution in [1.29, 1.82) is 0 Å². The lowest BCUT2D eigenvalue weighted by Gasteiger charge is -2.12. The molecule has 2 aromatic carbocycles. The van der Waals surface area contributed by atoms with Crippen LogP contribution < -0.4 is 11.0 Å². The summed E-state index contributed by atoms with van der Waals surface area (Å²) in [5, 5.41) is 4.85. The number of hydrogen-bond donors (Lipinski definition) is 1. The molecule has 0 bridgehead atoms. The Balaban J connectivity index is 1.56. The third-order valence-corrected chi connectivity index (χ3v) is 5.17. The van der Waals surface area contributed by atoms with Crippen LogP contribution in [0.15, 0.2) is 86.2 Å². The minimum atomic E-state index is -0.318. The third-order valence-electron chi connectivity index (χ3n) is 4.23. The van der Waals surface area contributed by atoms with E-state index in [0.29, 0.717) is 27.5 Å². The molecule has 2 aromatic heterocycles. The first-order chi connectivity index (χ1) is 14.6. The van der Waals surface area contributed by atoms with Gasteiger partial charge in [0.15, 0.2) is 5.16 Å². The van der Waals surface area contributed by atoms with Crippen LogP contribution in [0.2, 0.25) is 0 Å². The van der Waals surface area contributed by atoms with Gasteiger partial charge in [0.2, 0.25) is 0 Å². The normalized spacial score (nSPS) is 11.2. The van der Waals surface area contributed by atoms with Crippen LogP contribution in [-0.2, 0) is 4.79 Å². The van der Waals surface area contributed by atoms with E-state index in [2.05, 4.69) is 15.5 Å². The van der Waals surface area contributed by atoms with Crippen LogP contribution in [0.1, 0.15) is 11.5 Å². The van der Waals surface area contributed by atoms with Crippen molar-refractivity contribution in [3.63, 3.8) is 0 Å². The van der Waals surface area contributed by atoms with E-state index in [0.717, 1.165) is 5.76 Å². The van der Waals surface area contributed by atoms with Gasteiger partial charge >= 0.3 is 0 Å². The van der Waals surface area contributed by atoms with Crippen LogP contribution in [0, 0.1) is 6.92 Å². The van der Waals surface area contributed by atoms with Gasteiger partial charge in [-0.2, -0.15) is 5.10 Å². The molecule has 1 N–H and O–H groups in total. The molecule has 0 aliphatic heterocycles. The van der Waals surface area contributed by atoms with Gasteiger partial charge < -0.3 is 4.42 Å². The Morgan fingerprint density at radius 1 is 1.13 bits per heavy atom. The minimum Gasteiger partial charge on any atom is -0.460 e. The molecule has 150 valence electrons. The monoisotopic (exact) mass is 418 g/mol. The zero-order chi connectivity index (χ0) is 20.9. The van der Waals surface area contributed by atoms with E-state index >= 15 is 0 Å². The van der Waals surface area contributed by atoms with E-state index in [9.17, 15) is 9.59 Å². The van der Waals surface area contributed by atoms with E-state index in [4.69, 9.17) is 4.42 Å². The number of furan rings is 1. The number of rotatable bonds is 6. The zero-order valence-electron chi connectivity index (χ0n) is 16.1. The molecule has 0 radical (unpaired) electrons. The number of nitrogens with zero attached hydrogens (tertiary/aromatic N) is 3. The Hall–Kier alpha value is -3.65. The van der Waals surface area contributed by atoms with Gasteiger partial charge in [0.1, 0.15) is 11.5 Å². The lowest BCUT2D eigenvalue weighted by Crippen LogP contribution is -2.24. The summed E-state index contributed by atoms with van der Waals surface area (Å²) < 4.78 is 6.88. The van der Waals surface area contributed by atoms with Gasteiger partial charge in [-0.1, -0.05) is 42.1 Å². The standard InChI is InChI=1S/C22H18N4O3S/c1-15-11-12-17(29-15)13-23-25-20(27)14-30-22-24-19-10-6-5-9-18(19)21(28)26(22)16-7-3-2-4-8-16/h2-13H,14H2,1H3,(H,25,27)/b23-13+. The Kier molecular flexibility index (Phi) is 5.76. The van der Waals surface area contributed by atoms with Crippen molar-refractivity contribution in [3.8, 4) is 5.69 Å². The van der Waals surface area contributed by atoms with Gasteiger partial charge in [0.25, 0.3) is 11.5 Å². The number of para-hydroxylation sites is 2. The molecule has 0 saturated heterocycles. The number of nitrogens with one attached hydrogen (secondary N) is 1. The smallest absolute Gasteiger partial charge is 0.266 e. The quantitative estimate of drug-likeness (QED) is 0.224. The number of amides is 1. The van der Waals surface area contributed by atoms with E-state index in [-0.39, 0.29) is 17.2 Å². The van der Waals surface area contributed by atoms with Crippen molar-refractivity contribution in [3.05, 3.63) is 88.6 Å². The van der Waals surface area contributed by atoms with Crippen molar-refractivity contribution in [1.82, 2.24) is 15.0 Å². The SMILES string of the molecule is Cc1ccc(/C=N/NC(=O)CSc2nc3ccccc3c(=O)n2-c2ccccc2)o1. The van der Waals surface area contributed by atoms with Gasteiger partial charge in [-0.15, -0.1) is 0 Å². The highest BCUT2D eigenvalue weighted by molar-refractivity contribution is 7.99. The maximum absolute atomic E-state index is 13.1. The van der Waals surface area contributed by atoms with Crippen LogP contribution in [-0.4, -0.2) is 27.4 Å². The topological polar surface area (TPSA) is 89.5 Å². The number of thioether (sulfide) groups is 1. The first-order valence-electron chi connectivity index (χ1n) is 9.20. The van der Waals surface area contributed by atoms with Crippen LogP contribution >= 0.6 is 11.8 Å². The fourth-order valence-corrected chi connectivity index (χ4v) is 3.67. The average Bonchev–Trinajstić information content (AvgIpc) is 3.18. The second-order valence-corrected chi connectivity index (χ2v) is 7.36. The first kappa shape index (κ1) is 19.7. The summed E-state index contributed by atoms with van der Waals surface area (Å²) in [6, 6.07) is 20.0. The largest absolute Gasteiger partial charge is 0.460 e. The first-order valence-corrected chi connectivity index (χ1v) is 10.2. The van der Waals surface area contributed by atoms with Gasteiger partial charge in [0.05, 0.1) is 28.6 Å². The van der Waals surface area contributed by atoms with Crippen LogP contribution in [0.25, 0.3) is 16.6 Å². The number of aryl methyl sites for hydroxylation is 1. The van der Waals surface area contributed by atoms with Crippen LogP contribution in [0.3, 0.4) is 0 Å². The van der Waals surface area contributed by atoms with Crippen molar-refractivity contribution < 1.29 is 9.21 Å². The fraction of sp³-hybridized carbons (Fsp3) is 0.0909. The summed E-state index contributed by atoms with van der Waals surface area (Å²) in [6.45, 7) is 1.83. The molecule has 4 rings (SSSR count). The number of hydrogen-bond acceptors (Lipinski definition) is 6. The highest BCUT2D eigenvalue weighted by atomic mass is 32.2. The van der Waals surface area contributed by atoms with Crippen LogP contribution in [0.5, 0.6) is 0 Å². The number of aromatic nitrogens is 2. The van der Waals surface area contributed by atoms with Crippen molar-refractivity contribution >= 4 is 34.8 Å². The third kappa shape index (κ3) is 4.33. The lowest BCUT2D eigenvalue weighted by molar-refractivity contribution is -0.118. The highest BCUT2D eigenvalue weighted by Crippen LogP contribution is 2.21. The summed E-state index contributed by atoms with van der Waals surface area (Å²) in [4.78, 5) is 29.9. The lowest BCUT2D eigenvalue weighted by atomic mass is 10.2. The molecule has 30 heavy (non-hydrogen) atoms. The summed E-state index contributed by atoms with van der Waals surface area (Å²) in [5.74, 6) is 1.04. The molecule has 8 heteroatoms. The number of carbonyl (C=O) groups is 1. The highest BCUT2D eigenvalue weighted by Gasteiger charge is 2.14. The van der Waals surface area contributed by atoms with Gasteiger partial charge in [-0.3, -0.25) is 14.2 Å². The molecular weight excluding hydrogens is 400 g/mol. The Bertz CT molecular complexity index is 1280. The van der Waals surface area contributed by atoms with Crippen LogP contribution in [0.4, 0.5) is 0 Å². The Morgan fingerprint density at radius 2 is 1.90 bits per heavy atom.